The largest absolute Gasteiger partial charge is 0.462 e. The lowest BCUT2D eigenvalue weighted by molar-refractivity contribution is -0.167. The van der Waals surface area contributed by atoms with Crippen LogP contribution in [-0.4, -0.2) is 37.2 Å². The standard InChI is InChI=1S/C77H126O6/c1-4-7-10-13-16-19-22-25-28-31-33-35-36-37-38-39-40-42-43-46-49-52-55-58-61-64-67-70-76(79)82-73-74(72-81-75(78)69-66-63-60-57-54-51-48-45-30-27-24-21-18-15-12-9-6-3)83-77(80)71-68-65-62-59-56-53-50-47-44-41-34-32-29-26-23-20-17-14-11-8-5-2/h8-9,11-12,17-18,20-22,25-27,29-31,33-34,36-37,41,47,50,56,59,74H,4-7,10,13-16,19,23-24,28,32,35,38-40,42-46,48-49,51-55,57-58,60-73H2,1-3H3/b11-8-,12-9-,20-17-,21-18-,25-22-,29-26-,30-27-,33-31-,37-36-,41-34-,50-47-,59-56-. The second-order valence-corrected chi connectivity index (χ2v) is 22.3. The first-order chi connectivity index (χ1) is 41.0. The predicted octanol–water partition coefficient (Wildman–Crippen LogP) is 23.9. The van der Waals surface area contributed by atoms with Gasteiger partial charge < -0.3 is 14.2 Å². The number of hydrogen-bond donors (Lipinski definition) is 0. The topological polar surface area (TPSA) is 78.9 Å². The molecular formula is C77H126O6. The summed E-state index contributed by atoms with van der Waals surface area (Å²) in [5.74, 6) is -0.956. The van der Waals surface area contributed by atoms with Crippen molar-refractivity contribution in [1.29, 1.82) is 0 Å². The lowest BCUT2D eigenvalue weighted by Crippen LogP contribution is -2.30. The van der Waals surface area contributed by atoms with Crippen LogP contribution in [0.2, 0.25) is 0 Å². The van der Waals surface area contributed by atoms with Crippen LogP contribution in [0.5, 0.6) is 0 Å². The molecule has 0 bridgehead atoms. The first-order valence-electron chi connectivity index (χ1n) is 34.3. The molecule has 0 amide bonds. The summed E-state index contributed by atoms with van der Waals surface area (Å²) >= 11 is 0. The Morgan fingerprint density at radius 2 is 0.470 bits per heavy atom. The molecule has 0 radical (unpaired) electrons. The zero-order valence-corrected chi connectivity index (χ0v) is 53.9. The van der Waals surface area contributed by atoms with Gasteiger partial charge in [0.15, 0.2) is 6.10 Å². The minimum Gasteiger partial charge on any atom is -0.462 e. The van der Waals surface area contributed by atoms with Gasteiger partial charge in [0, 0.05) is 19.3 Å². The number of carbonyl (C=O) groups excluding carboxylic acids is 3. The van der Waals surface area contributed by atoms with Crippen molar-refractivity contribution in [3.63, 3.8) is 0 Å². The van der Waals surface area contributed by atoms with Crippen LogP contribution in [0, 0.1) is 0 Å². The fraction of sp³-hybridized carbons (Fsp3) is 0.649. The zero-order chi connectivity index (χ0) is 59.9. The Morgan fingerprint density at radius 1 is 0.253 bits per heavy atom. The quantitative estimate of drug-likeness (QED) is 0.0261. The molecule has 0 aliphatic heterocycles. The molecule has 0 N–H and O–H groups in total. The van der Waals surface area contributed by atoms with E-state index in [0.29, 0.717) is 19.3 Å². The van der Waals surface area contributed by atoms with Crippen LogP contribution in [0.1, 0.15) is 303 Å². The van der Waals surface area contributed by atoms with Crippen LogP contribution < -0.4 is 0 Å². The molecule has 6 nitrogen and oxygen atoms in total. The van der Waals surface area contributed by atoms with Crippen molar-refractivity contribution in [3.05, 3.63) is 146 Å². The highest BCUT2D eigenvalue weighted by molar-refractivity contribution is 5.71. The van der Waals surface area contributed by atoms with Gasteiger partial charge in [-0.3, -0.25) is 14.4 Å². The summed E-state index contributed by atoms with van der Waals surface area (Å²) < 4.78 is 16.9. The Bertz CT molecular complexity index is 1800. The Morgan fingerprint density at radius 3 is 0.759 bits per heavy atom. The van der Waals surface area contributed by atoms with Gasteiger partial charge in [-0.15, -0.1) is 0 Å². The molecule has 6 heteroatoms. The van der Waals surface area contributed by atoms with E-state index < -0.39 is 6.10 Å². The Kier molecular flexibility index (Phi) is 65.8. The van der Waals surface area contributed by atoms with Gasteiger partial charge in [0.2, 0.25) is 0 Å². The maximum atomic E-state index is 12.9. The van der Waals surface area contributed by atoms with E-state index in [0.717, 1.165) is 128 Å². The zero-order valence-electron chi connectivity index (χ0n) is 53.9. The second-order valence-electron chi connectivity index (χ2n) is 22.3. The van der Waals surface area contributed by atoms with Gasteiger partial charge in [-0.1, -0.05) is 289 Å². The molecule has 0 aromatic rings. The van der Waals surface area contributed by atoms with Crippen LogP contribution in [0.3, 0.4) is 0 Å². The molecule has 0 aromatic heterocycles. The van der Waals surface area contributed by atoms with Gasteiger partial charge in [-0.05, 0) is 141 Å². The van der Waals surface area contributed by atoms with Crippen LogP contribution in [0.4, 0.5) is 0 Å². The van der Waals surface area contributed by atoms with Crippen molar-refractivity contribution < 1.29 is 28.6 Å². The highest BCUT2D eigenvalue weighted by Crippen LogP contribution is 2.16. The highest BCUT2D eigenvalue weighted by atomic mass is 16.6. The van der Waals surface area contributed by atoms with E-state index >= 15 is 0 Å². The Balaban J connectivity index is 4.44. The third-order valence-corrected chi connectivity index (χ3v) is 14.3. The van der Waals surface area contributed by atoms with Gasteiger partial charge in [-0.2, -0.15) is 0 Å². The fourth-order valence-corrected chi connectivity index (χ4v) is 9.23. The SMILES string of the molecule is CC/C=C\C/C=C\C/C=C\C/C=C\C/C=C\C/C=C\CCCCC(=O)OC(COC(=O)CCCCCCCCC/C=C\C/C=C\C/C=C\CC)COC(=O)CCCCCCCCCCCCCC/C=C\C/C=C\C/C=C\CCCCCCC. The number of hydrogen-bond acceptors (Lipinski definition) is 6. The van der Waals surface area contributed by atoms with Crippen LogP contribution in [-0.2, 0) is 28.6 Å². The number of allylic oxidation sites excluding steroid dienone is 24. The molecule has 0 saturated carbocycles. The smallest absolute Gasteiger partial charge is 0.306 e. The lowest BCUT2D eigenvalue weighted by atomic mass is 10.0. The van der Waals surface area contributed by atoms with Crippen molar-refractivity contribution in [2.45, 2.75) is 309 Å². The number of rotatable bonds is 61. The first-order valence-corrected chi connectivity index (χ1v) is 34.3. The summed E-state index contributed by atoms with van der Waals surface area (Å²) in [7, 11) is 0. The van der Waals surface area contributed by atoms with E-state index in [4.69, 9.17) is 14.2 Å². The van der Waals surface area contributed by atoms with Gasteiger partial charge in [0.05, 0.1) is 0 Å². The molecule has 1 unspecified atom stereocenters. The Labute approximate surface area is 512 Å². The number of unbranched alkanes of at least 4 members (excludes halogenated alkanes) is 26. The molecule has 0 aromatic carbocycles. The maximum Gasteiger partial charge on any atom is 0.306 e. The highest BCUT2D eigenvalue weighted by Gasteiger charge is 2.19. The minimum absolute atomic E-state index is 0.104. The maximum absolute atomic E-state index is 12.9. The van der Waals surface area contributed by atoms with Crippen molar-refractivity contribution in [2.24, 2.45) is 0 Å². The average molecular weight is 1150 g/mol. The number of ether oxygens (including phenoxy) is 3. The van der Waals surface area contributed by atoms with Crippen LogP contribution >= 0.6 is 0 Å². The second kappa shape index (κ2) is 69.8. The monoisotopic (exact) mass is 1150 g/mol. The predicted molar refractivity (Wildman–Crippen MR) is 362 cm³/mol. The van der Waals surface area contributed by atoms with E-state index in [1.807, 2.05) is 0 Å². The molecule has 0 spiro atoms. The van der Waals surface area contributed by atoms with E-state index in [2.05, 4.69) is 167 Å². The van der Waals surface area contributed by atoms with Crippen molar-refractivity contribution >= 4 is 17.9 Å². The summed E-state index contributed by atoms with van der Waals surface area (Å²) in [6.07, 6.45) is 100. The third kappa shape index (κ3) is 68.0. The molecule has 0 fully saturated rings. The number of carbonyl (C=O) groups is 3. The van der Waals surface area contributed by atoms with Crippen molar-refractivity contribution in [1.82, 2.24) is 0 Å². The molecule has 0 saturated heterocycles. The average Bonchev–Trinajstić information content (AvgIpc) is 3.50. The summed E-state index contributed by atoms with van der Waals surface area (Å²) in [5.41, 5.74) is 0. The molecule has 0 heterocycles. The first kappa shape index (κ1) is 78.3. The van der Waals surface area contributed by atoms with Crippen LogP contribution in [0.25, 0.3) is 0 Å². The number of esters is 3. The van der Waals surface area contributed by atoms with Gasteiger partial charge >= 0.3 is 17.9 Å². The normalized spacial score (nSPS) is 13.0. The molecule has 83 heavy (non-hydrogen) atoms. The molecular weight excluding hydrogens is 1020 g/mol. The van der Waals surface area contributed by atoms with Crippen LogP contribution in [0.15, 0.2) is 146 Å². The van der Waals surface area contributed by atoms with E-state index in [-0.39, 0.29) is 37.5 Å². The van der Waals surface area contributed by atoms with Gasteiger partial charge in [0.25, 0.3) is 0 Å². The summed E-state index contributed by atoms with van der Waals surface area (Å²) in [6.45, 7) is 6.37. The van der Waals surface area contributed by atoms with Gasteiger partial charge in [-0.25, -0.2) is 0 Å². The summed E-state index contributed by atoms with van der Waals surface area (Å²) in [6, 6.07) is 0. The molecule has 1 atom stereocenters. The van der Waals surface area contributed by atoms with E-state index in [9.17, 15) is 14.4 Å². The summed E-state index contributed by atoms with van der Waals surface area (Å²) in [4.78, 5) is 38.4. The van der Waals surface area contributed by atoms with Crippen molar-refractivity contribution in [3.8, 4) is 0 Å². The van der Waals surface area contributed by atoms with Gasteiger partial charge in [0.1, 0.15) is 13.2 Å². The molecule has 470 valence electrons. The minimum atomic E-state index is -0.815. The fourth-order valence-electron chi connectivity index (χ4n) is 9.23. The Hall–Kier alpha value is -4.71. The molecule has 0 aliphatic carbocycles. The third-order valence-electron chi connectivity index (χ3n) is 14.3. The van der Waals surface area contributed by atoms with E-state index in [1.54, 1.807) is 0 Å². The van der Waals surface area contributed by atoms with Crippen molar-refractivity contribution in [2.75, 3.05) is 13.2 Å². The van der Waals surface area contributed by atoms with E-state index in [1.165, 1.54) is 128 Å². The molecule has 0 rings (SSSR count). The lowest BCUT2D eigenvalue weighted by Gasteiger charge is -2.18. The molecule has 0 aliphatic rings. The summed E-state index contributed by atoms with van der Waals surface area (Å²) in [5, 5.41) is 0.